The van der Waals surface area contributed by atoms with Crippen LogP contribution in [0.3, 0.4) is 0 Å². The van der Waals surface area contributed by atoms with Crippen molar-refractivity contribution in [2.45, 2.75) is 88.5 Å². The van der Waals surface area contributed by atoms with E-state index in [1.807, 2.05) is 31.2 Å². The summed E-state index contributed by atoms with van der Waals surface area (Å²) in [5.74, 6) is -3.90. The van der Waals surface area contributed by atoms with Crippen LogP contribution in [-0.4, -0.2) is 163 Å². The van der Waals surface area contributed by atoms with Crippen LogP contribution in [0, 0.1) is 6.92 Å². The van der Waals surface area contributed by atoms with Crippen LogP contribution in [0.15, 0.2) is 42.5 Å². The summed E-state index contributed by atoms with van der Waals surface area (Å²) in [5.41, 5.74) is -2.05. The third-order valence-corrected chi connectivity index (χ3v) is 12.9. The number of aryl methyl sites for hydroxylation is 1. The SMILES string of the molecule is COc1cccc2c1C(=O)c1c(O)c3c(c(O)c1C2=O)C[C@@](O)(C(=O)COC(=O)N(C)CCN(C)C(=O)OCc1ccc(C)cc1)C[C@@H]3OC1C[C@H]2[C@H](O[C@@H]3[C@@H](OC)OCCN32)[C@H](C)O1. The maximum atomic E-state index is 14.2. The summed E-state index contributed by atoms with van der Waals surface area (Å²) >= 11 is 0. The van der Waals surface area contributed by atoms with Gasteiger partial charge in [0.05, 0.1) is 42.6 Å². The standard InChI is InChI=1S/C46H53N3O16/c1-23-10-12-25(13-11-23)21-61-44(55)47(3)14-15-48(4)45(56)62-22-31(50)46(57)19-27-34(40(54)36-35(38(27)52)37(51)26-8-7-9-29(58-5)33(26)39(36)53)30(20-46)64-32-18-28-41(24(2)63-32)65-42-43(59-6)60-17-16-49(28)42/h7-13,24,28,30,32,41-43,52,54,57H,14-22H2,1-6H3/t24-,28-,30-,32?,41+,42+,43-,46-/m0/s1. The smallest absolute Gasteiger partial charge is 0.409 e. The van der Waals surface area contributed by atoms with Crippen molar-refractivity contribution < 1.29 is 77.2 Å². The van der Waals surface area contributed by atoms with Crippen molar-refractivity contribution in [1.82, 2.24) is 14.7 Å². The number of amides is 2. The average molecular weight is 904 g/mol. The van der Waals surface area contributed by atoms with Crippen LogP contribution in [0.2, 0.25) is 0 Å². The Hall–Kier alpha value is -5.67. The molecule has 2 amide bonds. The van der Waals surface area contributed by atoms with Crippen LogP contribution in [0.5, 0.6) is 17.2 Å². The number of hydrogen-bond acceptors (Lipinski definition) is 17. The second-order valence-electron chi connectivity index (χ2n) is 17.1. The lowest BCUT2D eigenvalue weighted by Crippen LogP contribution is -2.55. The molecule has 0 saturated carbocycles. The van der Waals surface area contributed by atoms with Crippen molar-refractivity contribution in [3.05, 3.63) is 87.0 Å². The molecule has 19 nitrogen and oxygen atoms in total. The molecule has 3 aliphatic heterocycles. The van der Waals surface area contributed by atoms with Gasteiger partial charge in [-0.1, -0.05) is 42.0 Å². The highest BCUT2D eigenvalue weighted by Gasteiger charge is 2.55. The Bertz CT molecular complexity index is 2370. The number of carbonyl (C=O) groups excluding carboxylic acids is 5. The molecular weight excluding hydrogens is 851 g/mol. The molecule has 0 bridgehead atoms. The topological polar surface area (TPSA) is 230 Å². The number of Topliss-reactive ketones (excluding diaryl/α,β-unsaturated/α-hetero) is 1. The third-order valence-electron chi connectivity index (χ3n) is 12.9. The maximum absolute atomic E-state index is 14.2. The highest BCUT2D eigenvalue weighted by atomic mass is 16.7. The highest BCUT2D eigenvalue weighted by Crippen LogP contribution is 2.53. The number of ketones is 3. The van der Waals surface area contributed by atoms with Crippen molar-refractivity contribution >= 4 is 29.5 Å². The first-order valence-electron chi connectivity index (χ1n) is 21.4. The van der Waals surface area contributed by atoms with Gasteiger partial charge in [0, 0.05) is 82.8 Å². The number of aliphatic hydroxyl groups is 1. The number of phenolic OH excluding ortho intramolecular Hbond substituents is 2. The molecule has 5 aliphatic rings. The van der Waals surface area contributed by atoms with Crippen molar-refractivity contribution in [3.8, 4) is 17.2 Å². The van der Waals surface area contributed by atoms with Crippen LogP contribution in [0.1, 0.15) is 80.0 Å². The second-order valence-corrected chi connectivity index (χ2v) is 17.1. The van der Waals surface area contributed by atoms with E-state index in [4.69, 9.17) is 37.9 Å². The molecule has 8 rings (SSSR count). The molecule has 2 aliphatic carbocycles. The summed E-state index contributed by atoms with van der Waals surface area (Å²) < 4.78 is 46.6. The monoisotopic (exact) mass is 903 g/mol. The number of methoxy groups -OCH3 is 2. The van der Waals surface area contributed by atoms with Gasteiger partial charge in [-0.25, -0.2) is 9.59 Å². The van der Waals surface area contributed by atoms with Crippen LogP contribution < -0.4 is 4.74 Å². The van der Waals surface area contributed by atoms with E-state index in [9.17, 15) is 39.3 Å². The number of benzene rings is 3. The number of phenols is 2. The Morgan fingerprint density at radius 2 is 1.60 bits per heavy atom. The number of fused-ring (bicyclic) bond motifs is 6. The van der Waals surface area contributed by atoms with Gasteiger partial charge >= 0.3 is 12.2 Å². The Morgan fingerprint density at radius 1 is 0.908 bits per heavy atom. The molecule has 65 heavy (non-hydrogen) atoms. The van der Waals surface area contributed by atoms with E-state index >= 15 is 0 Å². The number of morpholine rings is 1. The quantitative estimate of drug-likeness (QED) is 0.173. The van der Waals surface area contributed by atoms with Gasteiger partial charge in [0.2, 0.25) is 11.6 Å². The Labute approximate surface area is 374 Å². The van der Waals surface area contributed by atoms with E-state index < -0.39 is 114 Å². The van der Waals surface area contributed by atoms with E-state index in [1.54, 1.807) is 6.92 Å². The van der Waals surface area contributed by atoms with Crippen molar-refractivity contribution in [2.75, 3.05) is 61.2 Å². The molecule has 1 unspecified atom stereocenters. The zero-order valence-corrected chi connectivity index (χ0v) is 36.9. The molecule has 3 aromatic rings. The van der Waals surface area contributed by atoms with Gasteiger partial charge in [-0.3, -0.25) is 19.3 Å². The van der Waals surface area contributed by atoms with Crippen LogP contribution in [0.25, 0.3) is 0 Å². The lowest BCUT2D eigenvalue weighted by atomic mass is 9.72. The van der Waals surface area contributed by atoms with E-state index in [1.165, 1.54) is 51.4 Å². The molecule has 0 aromatic heterocycles. The predicted molar refractivity (Wildman–Crippen MR) is 225 cm³/mol. The zero-order chi connectivity index (χ0) is 46.5. The number of nitrogens with zero attached hydrogens (tertiary/aromatic N) is 3. The fraction of sp³-hybridized carbons (Fsp3) is 0.500. The van der Waals surface area contributed by atoms with E-state index in [0.717, 1.165) is 16.0 Å². The van der Waals surface area contributed by atoms with Crippen LogP contribution in [0.4, 0.5) is 9.59 Å². The fourth-order valence-electron chi connectivity index (χ4n) is 9.34. The number of likely N-dealkylation sites (N-methyl/N-ethyl adjacent to an activating group) is 2. The number of ether oxygens (including phenoxy) is 8. The summed E-state index contributed by atoms with van der Waals surface area (Å²) in [6.07, 6.45) is -7.07. The molecule has 348 valence electrons. The first kappa shape index (κ1) is 45.9. The summed E-state index contributed by atoms with van der Waals surface area (Å²) in [7, 11) is 5.77. The number of carbonyl (C=O) groups is 5. The average Bonchev–Trinajstić information content (AvgIpc) is 3.68. The van der Waals surface area contributed by atoms with Crippen LogP contribution in [-0.2, 0) is 51.0 Å². The fourth-order valence-corrected chi connectivity index (χ4v) is 9.34. The Morgan fingerprint density at radius 3 is 2.29 bits per heavy atom. The Balaban J connectivity index is 1.02. The predicted octanol–water partition coefficient (Wildman–Crippen LogP) is 3.36. The van der Waals surface area contributed by atoms with E-state index in [2.05, 4.69) is 4.90 Å². The summed E-state index contributed by atoms with van der Waals surface area (Å²) in [4.78, 5) is 72.6. The van der Waals surface area contributed by atoms with Crippen LogP contribution >= 0.6 is 0 Å². The molecule has 8 atom stereocenters. The first-order valence-corrected chi connectivity index (χ1v) is 21.4. The molecule has 3 fully saturated rings. The maximum Gasteiger partial charge on any atom is 0.409 e. The number of hydrogen-bond donors (Lipinski definition) is 3. The summed E-state index contributed by atoms with van der Waals surface area (Å²) in [6, 6.07) is 11.7. The highest BCUT2D eigenvalue weighted by molar-refractivity contribution is 6.31. The lowest BCUT2D eigenvalue weighted by Gasteiger charge is -2.43. The minimum Gasteiger partial charge on any atom is -0.507 e. The van der Waals surface area contributed by atoms with Crippen molar-refractivity contribution in [1.29, 1.82) is 0 Å². The molecule has 19 heteroatoms. The van der Waals surface area contributed by atoms with Gasteiger partial charge in [-0.05, 0) is 25.5 Å². The minimum atomic E-state index is -2.40. The Kier molecular flexibility index (Phi) is 12.9. The summed E-state index contributed by atoms with van der Waals surface area (Å²) in [6.45, 7) is 3.87. The normalized spacial score (nSPS) is 26.8. The summed E-state index contributed by atoms with van der Waals surface area (Å²) in [5, 5.41) is 36.3. The van der Waals surface area contributed by atoms with Gasteiger partial charge in [0.15, 0.2) is 31.2 Å². The molecule has 0 spiro atoms. The number of rotatable bonds is 12. The molecule has 0 radical (unpaired) electrons. The van der Waals surface area contributed by atoms with E-state index in [-0.39, 0.29) is 60.2 Å². The van der Waals surface area contributed by atoms with Gasteiger partial charge in [-0.2, -0.15) is 0 Å². The first-order chi connectivity index (χ1) is 31.0. The molecule has 3 heterocycles. The minimum absolute atomic E-state index is 0.000745. The lowest BCUT2D eigenvalue weighted by molar-refractivity contribution is -0.256. The molecule has 3 N–H and O–H groups in total. The van der Waals surface area contributed by atoms with Gasteiger partial charge < -0.3 is 63.0 Å². The zero-order valence-electron chi connectivity index (χ0n) is 36.9. The largest absolute Gasteiger partial charge is 0.507 e. The molecular formula is C46H53N3O16. The van der Waals surface area contributed by atoms with Gasteiger partial charge in [0.1, 0.15) is 35.6 Å². The van der Waals surface area contributed by atoms with Gasteiger partial charge in [-0.15, -0.1) is 0 Å². The molecule has 3 saturated heterocycles. The number of aromatic hydroxyl groups is 2. The molecule has 3 aromatic carbocycles. The third kappa shape index (κ3) is 8.53. The second kappa shape index (κ2) is 18.3. The van der Waals surface area contributed by atoms with Crippen molar-refractivity contribution in [3.63, 3.8) is 0 Å². The van der Waals surface area contributed by atoms with Gasteiger partial charge in [0.25, 0.3) is 0 Å². The van der Waals surface area contributed by atoms with E-state index in [0.29, 0.717) is 13.2 Å². The van der Waals surface area contributed by atoms with Crippen molar-refractivity contribution in [2.24, 2.45) is 0 Å².